The third kappa shape index (κ3) is 5.66. The van der Waals surface area contributed by atoms with Gasteiger partial charge in [-0.2, -0.15) is 4.31 Å². The summed E-state index contributed by atoms with van der Waals surface area (Å²) in [7, 11) is -2.11. The molecule has 1 aliphatic rings. The SMILES string of the molecule is CCN1CCN(c2ccc(S(=O)(=O)N(CC)CC)cc2NC(=O)c2cccc(OC)c2)CC1. The third-order valence-corrected chi connectivity index (χ3v) is 8.10. The third-order valence-electron chi connectivity index (χ3n) is 6.05. The van der Waals surface area contributed by atoms with Gasteiger partial charge in [0.15, 0.2) is 0 Å². The minimum Gasteiger partial charge on any atom is -0.497 e. The van der Waals surface area contributed by atoms with Crippen molar-refractivity contribution in [3.63, 3.8) is 0 Å². The van der Waals surface area contributed by atoms with Gasteiger partial charge in [-0.1, -0.05) is 26.8 Å². The Bertz CT molecular complexity index is 1060. The zero-order valence-corrected chi connectivity index (χ0v) is 20.7. The zero-order chi connectivity index (χ0) is 24.0. The van der Waals surface area contributed by atoms with Gasteiger partial charge < -0.3 is 19.9 Å². The molecule has 1 heterocycles. The molecule has 9 heteroatoms. The molecule has 1 N–H and O–H groups in total. The molecule has 8 nitrogen and oxygen atoms in total. The predicted octanol–water partition coefficient (Wildman–Crippen LogP) is 3.12. The molecule has 2 aromatic rings. The molecule has 1 fully saturated rings. The van der Waals surface area contributed by atoms with Crippen molar-refractivity contribution in [3.8, 4) is 5.75 Å². The summed E-state index contributed by atoms with van der Waals surface area (Å²) in [5.74, 6) is 0.260. The second-order valence-corrected chi connectivity index (χ2v) is 9.81. The molecular formula is C24H34N4O4S. The largest absolute Gasteiger partial charge is 0.497 e. The number of benzene rings is 2. The summed E-state index contributed by atoms with van der Waals surface area (Å²) in [6.45, 7) is 11.0. The zero-order valence-electron chi connectivity index (χ0n) is 19.9. The van der Waals surface area contributed by atoms with Crippen LogP contribution in [0.1, 0.15) is 31.1 Å². The van der Waals surface area contributed by atoms with Crippen LogP contribution < -0.4 is 15.0 Å². The fourth-order valence-electron chi connectivity index (χ4n) is 4.03. The first-order valence-electron chi connectivity index (χ1n) is 11.4. The Morgan fingerprint density at radius 1 is 1.03 bits per heavy atom. The van der Waals surface area contributed by atoms with Gasteiger partial charge >= 0.3 is 0 Å². The number of carbonyl (C=O) groups excluding carboxylic acids is 1. The van der Waals surface area contributed by atoms with Crippen molar-refractivity contribution in [2.45, 2.75) is 25.7 Å². The van der Waals surface area contributed by atoms with Gasteiger partial charge in [-0.15, -0.1) is 0 Å². The quantitative estimate of drug-likeness (QED) is 0.601. The van der Waals surface area contributed by atoms with Crippen LogP contribution in [0.4, 0.5) is 11.4 Å². The number of hydrogen-bond acceptors (Lipinski definition) is 6. The molecule has 1 aliphatic heterocycles. The number of piperazine rings is 1. The summed E-state index contributed by atoms with van der Waals surface area (Å²) >= 11 is 0. The van der Waals surface area contributed by atoms with Gasteiger partial charge in [-0.3, -0.25) is 4.79 Å². The summed E-state index contributed by atoms with van der Waals surface area (Å²) in [5.41, 5.74) is 1.75. The fourth-order valence-corrected chi connectivity index (χ4v) is 5.51. The van der Waals surface area contributed by atoms with Gasteiger partial charge in [0.2, 0.25) is 10.0 Å². The maximum atomic E-state index is 13.1. The lowest BCUT2D eigenvalue weighted by Gasteiger charge is -2.36. The Morgan fingerprint density at radius 2 is 1.73 bits per heavy atom. The first-order valence-corrected chi connectivity index (χ1v) is 12.8. The molecule has 0 aromatic heterocycles. The van der Waals surface area contributed by atoms with Crippen LogP contribution in [0.5, 0.6) is 5.75 Å². The van der Waals surface area contributed by atoms with Gasteiger partial charge in [-0.25, -0.2) is 8.42 Å². The molecule has 2 aromatic carbocycles. The fraction of sp³-hybridized carbons (Fsp3) is 0.458. The number of rotatable bonds is 9. The van der Waals surface area contributed by atoms with Crippen molar-refractivity contribution in [1.82, 2.24) is 9.21 Å². The number of nitrogens with one attached hydrogen (secondary N) is 1. The summed E-state index contributed by atoms with van der Waals surface area (Å²) < 4.78 is 32.9. The van der Waals surface area contributed by atoms with Gasteiger partial charge in [-0.05, 0) is 42.9 Å². The molecule has 1 amide bonds. The molecule has 0 aliphatic carbocycles. The average Bonchev–Trinajstić information content (AvgIpc) is 2.84. The van der Waals surface area contributed by atoms with Crippen LogP contribution in [0.15, 0.2) is 47.4 Å². The number of carbonyl (C=O) groups is 1. The minimum atomic E-state index is -3.66. The summed E-state index contributed by atoms with van der Waals surface area (Å²) in [6, 6.07) is 11.9. The second-order valence-electron chi connectivity index (χ2n) is 7.88. The van der Waals surface area contributed by atoms with E-state index in [1.165, 1.54) is 4.31 Å². The number of ether oxygens (including phenoxy) is 1. The van der Waals surface area contributed by atoms with Crippen molar-refractivity contribution in [3.05, 3.63) is 48.0 Å². The van der Waals surface area contributed by atoms with Crippen LogP contribution >= 0.6 is 0 Å². The van der Waals surface area contributed by atoms with Crippen molar-refractivity contribution in [2.75, 3.05) is 63.1 Å². The van der Waals surface area contributed by atoms with Gasteiger partial charge in [0.05, 0.1) is 23.4 Å². The normalized spacial score (nSPS) is 15.0. The number of anilines is 2. The topological polar surface area (TPSA) is 82.2 Å². The van der Waals surface area contributed by atoms with Crippen LogP contribution in [0.2, 0.25) is 0 Å². The molecule has 0 saturated carbocycles. The highest BCUT2D eigenvalue weighted by molar-refractivity contribution is 7.89. The maximum absolute atomic E-state index is 13.1. The van der Waals surface area contributed by atoms with E-state index in [0.717, 1.165) is 38.4 Å². The Kier molecular flexibility index (Phi) is 8.34. The van der Waals surface area contributed by atoms with E-state index in [0.29, 0.717) is 30.1 Å². The van der Waals surface area contributed by atoms with Crippen molar-refractivity contribution in [1.29, 1.82) is 0 Å². The first kappa shape index (κ1) is 25.0. The molecule has 0 unspecified atom stereocenters. The number of sulfonamides is 1. The lowest BCUT2D eigenvalue weighted by molar-refractivity contribution is 0.102. The van der Waals surface area contributed by atoms with E-state index in [1.54, 1.807) is 49.6 Å². The Balaban J connectivity index is 1.98. The first-order chi connectivity index (χ1) is 15.8. The smallest absolute Gasteiger partial charge is 0.255 e. The van der Waals surface area contributed by atoms with Crippen LogP contribution in [0.25, 0.3) is 0 Å². The molecule has 0 bridgehead atoms. The molecule has 1 saturated heterocycles. The monoisotopic (exact) mass is 474 g/mol. The number of methoxy groups -OCH3 is 1. The summed E-state index contributed by atoms with van der Waals surface area (Å²) in [4.78, 5) is 17.8. The van der Waals surface area contributed by atoms with Crippen LogP contribution in [0, 0.1) is 0 Å². The Morgan fingerprint density at radius 3 is 2.33 bits per heavy atom. The number of amides is 1. The highest BCUT2D eigenvalue weighted by Gasteiger charge is 2.25. The lowest BCUT2D eigenvalue weighted by Crippen LogP contribution is -2.46. The average molecular weight is 475 g/mol. The lowest BCUT2D eigenvalue weighted by atomic mass is 10.1. The van der Waals surface area contributed by atoms with E-state index >= 15 is 0 Å². The Hall–Kier alpha value is -2.62. The van der Waals surface area contributed by atoms with Crippen LogP contribution in [0.3, 0.4) is 0 Å². The molecule has 0 atom stereocenters. The van der Waals surface area contributed by atoms with Crippen LogP contribution in [-0.2, 0) is 10.0 Å². The predicted molar refractivity (Wildman–Crippen MR) is 132 cm³/mol. The van der Waals surface area contributed by atoms with Gasteiger partial charge in [0.1, 0.15) is 5.75 Å². The molecule has 0 spiro atoms. The number of likely N-dealkylation sites (N-methyl/N-ethyl adjacent to an activating group) is 1. The van der Waals surface area contributed by atoms with Crippen LogP contribution in [-0.4, -0.2) is 76.5 Å². The summed E-state index contributed by atoms with van der Waals surface area (Å²) in [5, 5.41) is 2.96. The number of nitrogens with zero attached hydrogens (tertiary/aromatic N) is 3. The van der Waals surface area contributed by atoms with Crippen molar-refractivity contribution in [2.24, 2.45) is 0 Å². The highest BCUT2D eigenvalue weighted by atomic mass is 32.2. The molecule has 0 radical (unpaired) electrons. The number of hydrogen-bond donors (Lipinski definition) is 1. The molecule has 33 heavy (non-hydrogen) atoms. The van der Waals surface area contributed by atoms with E-state index in [-0.39, 0.29) is 10.8 Å². The highest BCUT2D eigenvalue weighted by Crippen LogP contribution is 2.31. The minimum absolute atomic E-state index is 0.170. The van der Waals surface area contributed by atoms with E-state index in [1.807, 2.05) is 13.8 Å². The Labute approximate surface area is 197 Å². The standard InChI is InChI=1S/C24H34N4O4S/c1-5-26-13-15-27(16-14-26)23-12-11-21(33(30,31)28(6-2)7-3)18-22(23)25-24(29)19-9-8-10-20(17-19)32-4/h8-12,17-18H,5-7,13-16H2,1-4H3,(H,25,29). The van der Waals surface area contributed by atoms with Crippen molar-refractivity contribution >= 4 is 27.3 Å². The van der Waals surface area contributed by atoms with Crippen molar-refractivity contribution < 1.29 is 17.9 Å². The second kappa shape index (κ2) is 11.0. The van der Waals surface area contributed by atoms with Gasteiger partial charge in [0, 0.05) is 44.8 Å². The van der Waals surface area contributed by atoms with E-state index < -0.39 is 10.0 Å². The molecule has 3 rings (SSSR count). The van der Waals surface area contributed by atoms with E-state index in [9.17, 15) is 13.2 Å². The van der Waals surface area contributed by atoms with E-state index in [4.69, 9.17) is 4.74 Å². The van der Waals surface area contributed by atoms with E-state index in [2.05, 4.69) is 22.0 Å². The molecular weight excluding hydrogens is 440 g/mol. The van der Waals surface area contributed by atoms with Gasteiger partial charge in [0.25, 0.3) is 5.91 Å². The maximum Gasteiger partial charge on any atom is 0.255 e. The molecule has 180 valence electrons. The summed E-state index contributed by atoms with van der Waals surface area (Å²) in [6.07, 6.45) is 0.